The average Bonchev–Trinajstić information content (AvgIpc) is 3.11. The van der Waals surface area contributed by atoms with Gasteiger partial charge >= 0.3 is 5.97 Å². The minimum Gasteiger partial charge on any atom is -0.469 e. The molecule has 4 rings (SSSR count). The molecule has 4 aliphatic rings. The Kier molecular flexibility index (Phi) is 2.91. The van der Waals surface area contributed by atoms with Gasteiger partial charge in [-0.1, -0.05) is 0 Å². The Labute approximate surface area is 122 Å². The van der Waals surface area contributed by atoms with Gasteiger partial charge in [-0.15, -0.1) is 0 Å². The van der Waals surface area contributed by atoms with Crippen molar-refractivity contribution < 1.29 is 33.6 Å². The monoisotopic (exact) mass is 300 g/mol. The quantitative estimate of drug-likeness (QED) is 0.663. The largest absolute Gasteiger partial charge is 0.469 e. The number of carbonyl (C=O) groups excluding carboxylic acids is 1. The highest BCUT2D eigenvalue weighted by molar-refractivity contribution is 5.75. The molecule has 7 heteroatoms. The highest BCUT2D eigenvalue weighted by Crippen LogP contribution is 2.59. The van der Waals surface area contributed by atoms with Crippen LogP contribution in [0.1, 0.15) is 13.3 Å². The molecule has 118 valence electrons. The summed E-state index contributed by atoms with van der Waals surface area (Å²) in [5.74, 6) is -2.47. The zero-order valence-corrected chi connectivity index (χ0v) is 12.1. The molecule has 7 nitrogen and oxygen atoms in total. The zero-order chi connectivity index (χ0) is 14.8. The first kappa shape index (κ1) is 13.9. The summed E-state index contributed by atoms with van der Waals surface area (Å²) >= 11 is 0. The summed E-state index contributed by atoms with van der Waals surface area (Å²) in [6.07, 6.45) is -0.424. The summed E-state index contributed by atoms with van der Waals surface area (Å²) in [7, 11) is 1.34. The van der Waals surface area contributed by atoms with Crippen LogP contribution in [-0.2, 0) is 28.5 Å². The lowest BCUT2D eigenvalue weighted by Crippen LogP contribution is -2.57. The summed E-state index contributed by atoms with van der Waals surface area (Å²) < 4.78 is 28.1. The number of rotatable bonds is 1. The molecular formula is C14H20O7. The highest BCUT2D eigenvalue weighted by Gasteiger charge is 2.71. The van der Waals surface area contributed by atoms with Crippen LogP contribution in [0.4, 0.5) is 0 Å². The normalized spacial score (nSPS) is 50.3. The number of fused-ring (bicyclic) bond motifs is 6. The van der Waals surface area contributed by atoms with Crippen LogP contribution in [0.3, 0.4) is 0 Å². The van der Waals surface area contributed by atoms with Crippen LogP contribution in [0.25, 0.3) is 0 Å². The lowest BCUT2D eigenvalue weighted by Gasteiger charge is -2.44. The number of hydrogen-bond acceptors (Lipinski definition) is 7. The molecule has 0 radical (unpaired) electrons. The molecule has 3 saturated heterocycles. The number of methoxy groups -OCH3 is 1. The van der Waals surface area contributed by atoms with Gasteiger partial charge in [-0.2, -0.15) is 0 Å². The topological polar surface area (TPSA) is 83.5 Å². The SMILES string of the molecule is COC(=O)[C@H]1[C@H]2[C@@H](C[C@]1(C)O)C1(OCCO1)[C@@H]1OC[C@H]2O1. The maximum absolute atomic E-state index is 12.2. The van der Waals surface area contributed by atoms with E-state index in [1.807, 2.05) is 0 Å². The van der Waals surface area contributed by atoms with Gasteiger partial charge in [-0.3, -0.25) is 4.79 Å². The van der Waals surface area contributed by atoms with Gasteiger partial charge in [0.25, 0.3) is 0 Å². The number of aliphatic hydroxyl groups is 1. The molecule has 0 aromatic rings. The molecule has 1 saturated carbocycles. The number of ether oxygens (including phenoxy) is 5. The van der Waals surface area contributed by atoms with Crippen LogP contribution in [0.15, 0.2) is 0 Å². The molecule has 21 heavy (non-hydrogen) atoms. The van der Waals surface area contributed by atoms with Crippen molar-refractivity contribution in [2.24, 2.45) is 17.8 Å². The first-order valence-electron chi connectivity index (χ1n) is 7.35. The lowest BCUT2D eigenvalue weighted by atomic mass is 9.77. The van der Waals surface area contributed by atoms with E-state index in [9.17, 15) is 9.90 Å². The van der Waals surface area contributed by atoms with E-state index in [1.165, 1.54) is 7.11 Å². The Bertz CT molecular complexity index is 456. The van der Waals surface area contributed by atoms with Crippen molar-refractivity contribution in [2.45, 2.75) is 37.1 Å². The number of carbonyl (C=O) groups is 1. The predicted octanol–water partition coefficient (Wildman–Crippen LogP) is -0.339. The predicted molar refractivity (Wildman–Crippen MR) is 67.0 cm³/mol. The second-order valence-electron chi connectivity index (χ2n) is 6.50. The fourth-order valence-corrected chi connectivity index (χ4v) is 4.58. The molecule has 3 heterocycles. The molecule has 1 N–H and O–H groups in total. The van der Waals surface area contributed by atoms with E-state index in [0.29, 0.717) is 26.2 Å². The Hall–Kier alpha value is -0.730. The van der Waals surface area contributed by atoms with E-state index in [0.717, 1.165) is 0 Å². The van der Waals surface area contributed by atoms with Gasteiger partial charge in [-0.25, -0.2) is 0 Å². The van der Waals surface area contributed by atoms with Crippen molar-refractivity contribution in [3.05, 3.63) is 0 Å². The zero-order valence-electron chi connectivity index (χ0n) is 12.1. The second-order valence-corrected chi connectivity index (χ2v) is 6.50. The fourth-order valence-electron chi connectivity index (χ4n) is 4.58. The Balaban J connectivity index is 1.77. The Morgan fingerprint density at radius 3 is 2.71 bits per heavy atom. The number of hydrogen-bond donors (Lipinski definition) is 1. The van der Waals surface area contributed by atoms with Crippen molar-refractivity contribution in [3.63, 3.8) is 0 Å². The Morgan fingerprint density at radius 2 is 2.05 bits per heavy atom. The molecule has 4 fully saturated rings. The molecule has 0 aromatic heterocycles. The maximum Gasteiger partial charge on any atom is 0.311 e. The minimum absolute atomic E-state index is 0.148. The molecule has 2 bridgehead atoms. The van der Waals surface area contributed by atoms with Gasteiger partial charge in [-0.05, 0) is 13.3 Å². The Morgan fingerprint density at radius 1 is 1.33 bits per heavy atom. The van der Waals surface area contributed by atoms with Gasteiger partial charge in [0.1, 0.15) is 0 Å². The fraction of sp³-hybridized carbons (Fsp3) is 0.929. The van der Waals surface area contributed by atoms with Crippen LogP contribution < -0.4 is 0 Å². The summed E-state index contributed by atoms with van der Waals surface area (Å²) in [6, 6.07) is 0. The summed E-state index contributed by atoms with van der Waals surface area (Å²) in [6.45, 7) is 2.97. The first-order chi connectivity index (χ1) is 9.99. The van der Waals surface area contributed by atoms with Crippen molar-refractivity contribution in [1.82, 2.24) is 0 Å². The third-order valence-electron chi connectivity index (χ3n) is 5.33. The lowest BCUT2D eigenvalue weighted by molar-refractivity contribution is -0.337. The van der Waals surface area contributed by atoms with E-state index in [4.69, 9.17) is 23.7 Å². The standard InChI is InChI=1S/C14H20O7/c1-13(16)5-7-9(10(13)11(15)17-2)8-6-18-12(21-8)14(7)19-3-4-20-14/h7-10,12,16H,3-6H2,1-2H3/t7-,8-,9+,10-,12-,13+/m1/s1. The van der Waals surface area contributed by atoms with Crippen molar-refractivity contribution >= 4 is 5.97 Å². The van der Waals surface area contributed by atoms with Gasteiger partial charge in [0, 0.05) is 11.8 Å². The maximum atomic E-state index is 12.2. The van der Waals surface area contributed by atoms with E-state index in [-0.39, 0.29) is 17.9 Å². The highest BCUT2D eigenvalue weighted by atomic mass is 16.8. The van der Waals surface area contributed by atoms with E-state index < -0.39 is 29.6 Å². The van der Waals surface area contributed by atoms with Crippen molar-refractivity contribution in [1.29, 1.82) is 0 Å². The van der Waals surface area contributed by atoms with Crippen LogP contribution in [0.2, 0.25) is 0 Å². The van der Waals surface area contributed by atoms with Gasteiger partial charge in [0.05, 0.1) is 44.6 Å². The van der Waals surface area contributed by atoms with Gasteiger partial charge in [0.15, 0.2) is 0 Å². The molecule has 0 unspecified atom stereocenters. The first-order valence-corrected chi connectivity index (χ1v) is 7.35. The summed E-state index contributed by atoms with van der Waals surface area (Å²) in [5, 5.41) is 10.8. The van der Waals surface area contributed by atoms with E-state index >= 15 is 0 Å². The molecule has 6 atom stereocenters. The third-order valence-corrected chi connectivity index (χ3v) is 5.33. The molecular weight excluding hydrogens is 280 g/mol. The molecule has 0 amide bonds. The molecule has 1 aliphatic carbocycles. The van der Waals surface area contributed by atoms with Crippen molar-refractivity contribution in [3.8, 4) is 0 Å². The third kappa shape index (κ3) is 1.69. The molecule has 1 spiro atoms. The smallest absolute Gasteiger partial charge is 0.311 e. The number of esters is 1. The molecule has 3 aliphatic heterocycles. The average molecular weight is 300 g/mol. The molecule has 0 aromatic carbocycles. The van der Waals surface area contributed by atoms with Gasteiger partial charge in [0.2, 0.25) is 12.1 Å². The summed E-state index contributed by atoms with van der Waals surface area (Å²) in [5.41, 5.74) is -1.17. The van der Waals surface area contributed by atoms with Gasteiger partial charge < -0.3 is 28.8 Å². The van der Waals surface area contributed by atoms with Crippen LogP contribution in [0.5, 0.6) is 0 Å². The minimum atomic E-state index is -1.17. The van der Waals surface area contributed by atoms with Crippen LogP contribution in [0, 0.1) is 17.8 Å². The van der Waals surface area contributed by atoms with Crippen LogP contribution >= 0.6 is 0 Å². The van der Waals surface area contributed by atoms with Crippen LogP contribution in [-0.4, -0.2) is 61.8 Å². The van der Waals surface area contributed by atoms with E-state index in [1.54, 1.807) is 6.92 Å². The van der Waals surface area contributed by atoms with E-state index in [2.05, 4.69) is 0 Å². The summed E-state index contributed by atoms with van der Waals surface area (Å²) in [4.78, 5) is 12.2. The van der Waals surface area contributed by atoms with Crippen molar-refractivity contribution in [2.75, 3.05) is 26.9 Å². The second kappa shape index (κ2) is 4.39.